The van der Waals surface area contributed by atoms with Gasteiger partial charge >= 0.3 is 0 Å². The minimum Gasteiger partial charge on any atom is -0.497 e. The molecule has 1 N–H and O–H groups in total. The van der Waals surface area contributed by atoms with Gasteiger partial charge in [-0.05, 0) is 29.8 Å². The second-order valence-electron chi connectivity index (χ2n) is 6.96. The highest BCUT2D eigenvalue weighted by atomic mass is 16.5. The maximum absolute atomic E-state index is 13.6. The summed E-state index contributed by atoms with van der Waals surface area (Å²) in [6.45, 7) is 0. The molecule has 0 spiro atoms. The summed E-state index contributed by atoms with van der Waals surface area (Å²) >= 11 is 0. The zero-order valence-corrected chi connectivity index (χ0v) is 17.9. The number of nitrogens with one attached hydrogen (secondary N) is 1. The van der Waals surface area contributed by atoms with Gasteiger partial charge in [0, 0.05) is 17.8 Å². The molecule has 0 aromatic heterocycles. The van der Waals surface area contributed by atoms with Crippen molar-refractivity contribution in [2.24, 2.45) is 0 Å². The van der Waals surface area contributed by atoms with E-state index >= 15 is 0 Å². The van der Waals surface area contributed by atoms with Gasteiger partial charge in [-0.1, -0.05) is 36.4 Å². The van der Waals surface area contributed by atoms with Gasteiger partial charge in [0.05, 0.1) is 32.6 Å². The molecule has 7 heteroatoms. The van der Waals surface area contributed by atoms with Gasteiger partial charge in [-0.3, -0.25) is 9.59 Å². The fourth-order valence-electron chi connectivity index (χ4n) is 3.55. The van der Waals surface area contributed by atoms with Crippen LogP contribution in [-0.2, 0) is 9.59 Å². The summed E-state index contributed by atoms with van der Waals surface area (Å²) in [7, 11) is 4.58. The number of anilines is 2. The fourth-order valence-corrected chi connectivity index (χ4v) is 3.55. The summed E-state index contributed by atoms with van der Waals surface area (Å²) in [5.74, 6) is 0.592. The molecule has 0 saturated heterocycles. The molecule has 0 aliphatic carbocycles. The average molecular weight is 430 g/mol. The summed E-state index contributed by atoms with van der Waals surface area (Å²) in [4.78, 5) is 28.2. The molecule has 4 rings (SSSR count). The van der Waals surface area contributed by atoms with Crippen LogP contribution in [0.4, 0.5) is 11.4 Å². The number of amides is 2. The van der Waals surface area contributed by atoms with E-state index in [2.05, 4.69) is 5.32 Å². The molecule has 3 aromatic carbocycles. The Morgan fingerprint density at radius 2 is 1.44 bits per heavy atom. The van der Waals surface area contributed by atoms with Crippen LogP contribution in [-0.4, -0.2) is 33.1 Å². The van der Waals surface area contributed by atoms with Crippen molar-refractivity contribution in [2.75, 3.05) is 31.5 Å². The number of hydrogen-bond donors (Lipinski definition) is 1. The Morgan fingerprint density at radius 1 is 0.719 bits per heavy atom. The summed E-state index contributed by atoms with van der Waals surface area (Å²) in [5, 5.41) is 3.13. The number of nitrogens with zero attached hydrogens (tertiary/aromatic N) is 1. The number of hydrogen-bond acceptors (Lipinski definition) is 6. The SMILES string of the molecule is COc1cccc(NC2=C(c3ccccc3)C(=O)N(c3ccc(OC)cc3OC)C2=O)c1. The van der Waals surface area contributed by atoms with Crippen molar-refractivity contribution in [2.45, 2.75) is 0 Å². The number of ether oxygens (including phenoxy) is 3. The van der Waals surface area contributed by atoms with Crippen LogP contribution in [0.3, 0.4) is 0 Å². The van der Waals surface area contributed by atoms with E-state index < -0.39 is 11.8 Å². The van der Waals surface area contributed by atoms with Gasteiger partial charge in [-0.25, -0.2) is 4.90 Å². The normalized spacial score (nSPS) is 13.4. The fraction of sp³-hybridized carbons (Fsp3) is 0.120. The van der Waals surface area contributed by atoms with Crippen molar-refractivity contribution in [3.05, 3.63) is 84.1 Å². The predicted molar refractivity (Wildman–Crippen MR) is 122 cm³/mol. The Hall–Kier alpha value is -4.26. The first kappa shape index (κ1) is 21.0. The summed E-state index contributed by atoms with van der Waals surface area (Å²) in [6, 6.07) is 21.2. The smallest absolute Gasteiger partial charge is 0.282 e. The van der Waals surface area contributed by atoms with Crippen molar-refractivity contribution >= 4 is 28.8 Å². The predicted octanol–water partition coefficient (Wildman–Crippen LogP) is 4.11. The molecule has 0 unspecified atom stereocenters. The van der Waals surface area contributed by atoms with E-state index in [1.807, 2.05) is 18.2 Å². The molecule has 7 nitrogen and oxygen atoms in total. The number of rotatable bonds is 7. The second-order valence-corrected chi connectivity index (χ2v) is 6.96. The molecule has 0 radical (unpaired) electrons. The molecule has 1 aliphatic heterocycles. The van der Waals surface area contributed by atoms with E-state index in [0.717, 1.165) is 4.90 Å². The van der Waals surface area contributed by atoms with E-state index in [9.17, 15) is 9.59 Å². The molecule has 3 aromatic rings. The van der Waals surface area contributed by atoms with Gasteiger partial charge in [-0.2, -0.15) is 0 Å². The molecule has 0 fully saturated rings. The minimum atomic E-state index is -0.486. The van der Waals surface area contributed by atoms with E-state index in [4.69, 9.17) is 14.2 Å². The Balaban J connectivity index is 1.82. The number of carbonyl (C=O) groups excluding carboxylic acids is 2. The van der Waals surface area contributed by atoms with E-state index in [0.29, 0.717) is 34.2 Å². The lowest BCUT2D eigenvalue weighted by molar-refractivity contribution is -0.120. The highest BCUT2D eigenvalue weighted by Crippen LogP contribution is 2.39. The average Bonchev–Trinajstić information content (AvgIpc) is 3.08. The zero-order chi connectivity index (χ0) is 22.7. The molecule has 0 saturated carbocycles. The van der Waals surface area contributed by atoms with Crippen LogP contribution >= 0.6 is 0 Å². The molecule has 32 heavy (non-hydrogen) atoms. The van der Waals surface area contributed by atoms with Gasteiger partial charge in [0.15, 0.2) is 0 Å². The lowest BCUT2D eigenvalue weighted by Gasteiger charge is -2.19. The molecular weight excluding hydrogens is 408 g/mol. The van der Waals surface area contributed by atoms with Gasteiger partial charge < -0.3 is 19.5 Å². The maximum Gasteiger partial charge on any atom is 0.282 e. The van der Waals surface area contributed by atoms with Crippen LogP contribution in [0.1, 0.15) is 5.56 Å². The molecule has 0 bridgehead atoms. The van der Waals surface area contributed by atoms with Gasteiger partial charge in [0.2, 0.25) is 0 Å². The Kier molecular flexibility index (Phi) is 5.81. The van der Waals surface area contributed by atoms with Crippen molar-refractivity contribution < 1.29 is 23.8 Å². The minimum absolute atomic E-state index is 0.173. The van der Waals surface area contributed by atoms with Crippen molar-refractivity contribution in [1.29, 1.82) is 0 Å². The zero-order valence-electron chi connectivity index (χ0n) is 17.9. The molecule has 1 heterocycles. The largest absolute Gasteiger partial charge is 0.497 e. The van der Waals surface area contributed by atoms with E-state index in [1.54, 1.807) is 61.7 Å². The number of imide groups is 1. The standard InChI is InChI=1S/C25H22N2O5/c1-30-18-11-7-10-17(14-18)26-23-22(16-8-5-4-6-9-16)24(28)27(25(23)29)20-13-12-19(31-2)15-21(20)32-3/h4-15,26H,1-3H3. The quantitative estimate of drug-likeness (QED) is 0.569. The summed E-state index contributed by atoms with van der Waals surface area (Å²) < 4.78 is 16.0. The van der Waals surface area contributed by atoms with Crippen molar-refractivity contribution in [1.82, 2.24) is 0 Å². The highest BCUT2D eigenvalue weighted by Gasteiger charge is 2.41. The first-order chi connectivity index (χ1) is 15.6. The lowest BCUT2D eigenvalue weighted by Crippen LogP contribution is -2.32. The van der Waals surface area contributed by atoms with Crippen LogP contribution in [0, 0.1) is 0 Å². The van der Waals surface area contributed by atoms with E-state index in [1.165, 1.54) is 14.2 Å². The summed E-state index contributed by atoms with van der Waals surface area (Å²) in [6.07, 6.45) is 0. The van der Waals surface area contributed by atoms with Gasteiger partial charge in [0.1, 0.15) is 22.9 Å². The van der Waals surface area contributed by atoms with Gasteiger partial charge in [0.25, 0.3) is 11.8 Å². The van der Waals surface area contributed by atoms with Crippen LogP contribution in [0.5, 0.6) is 17.2 Å². The monoisotopic (exact) mass is 430 g/mol. The molecular formula is C25H22N2O5. The van der Waals surface area contributed by atoms with Crippen LogP contribution in [0.25, 0.3) is 5.57 Å². The molecule has 0 atom stereocenters. The Labute approximate surface area is 185 Å². The summed E-state index contributed by atoms with van der Waals surface area (Å²) in [5.41, 5.74) is 2.03. The molecule has 2 amide bonds. The number of methoxy groups -OCH3 is 3. The van der Waals surface area contributed by atoms with Crippen molar-refractivity contribution in [3.8, 4) is 17.2 Å². The molecule has 162 valence electrons. The molecule has 1 aliphatic rings. The van der Waals surface area contributed by atoms with Crippen LogP contribution in [0.15, 0.2) is 78.5 Å². The third kappa shape index (κ3) is 3.76. The first-order valence-corrected chi connectivity index (χ1v) is 9.89. The van der Waals surface area contributed by atoms with E-state index in [-0.39, 0.29) is 11.3 Å². The Bertz CT molecular complexity index is 1200. The van der Waals surface area contributed by atoms with Gasteiger partial charge in [-0.15, -0.1) is 0 Å². The second kappa shape index (κ2) is 8.85. The Morgan fingerprint density at radius 3 is 2.12 bits per heavy atom. The topological polar surface area (TPSA) is 77.1 Å². The van der Waals surface area contributed by atoms with Crippen molar-refractivity contribution in [3.63, 3.8) is 0 Å². The number of benzene rings is 3. The number of carbonyl (C=O) groups is 2. The highest BCUT2D eigenvalue weighted by molar-refractivity contribution is 6.46. The maximum atomic E-state index is 13.6. The first-order valence-electron chi connectivity index (χ1n) is 9.89. The lowest BCUT2D eigenvalue weighted by atomic mass is 10.0. The van der Waals surface area contributed by atoms with Crippen LogP contribution in [0.2, 0.25) is 0 Å². The van der Waals surface area contributed by atoms with Crippen LogP contribution < -0.4 is 24.4 Å². The third-order valence-electron chi connectivity index (χ3n) is 5.11. The third-order valence-corrected chi connectivity index (χ3v) is 5.11.